The summed E-state index contributed by atoms with van der Waals surface area (Å²) in [7, 11) is 0. The van der Waals surface area contributed by atoms with Gasteiger partial charge in [-0.2, -0.15) is 5.26 Å². The average molecular weight is 580 g/mol. The summed E-state index contributed by atoms with van der Waals surface area (Å²) in [5.74, 6) is 0.254. The van der Waals surface area contributed by atoms with E-state index in [2.05, 4.69) is 20.4 Å². The number of carboxylic acids is 1. The zero-order valence-corrected chi connectivity index (χ0v) is 23.4. The molecule has 0 bridgehead atoms. The van der Waals surface area contributed by atoms with Crippen LogP contribution in [0.2, 0.25) is 0 Å². The number of imidazole rings is 1. The van der Waals surface area contributed by atoms with Gasteiger partial charge in [0.25, 0.3) is 0 Å². The third-order valence-corrected chi connectivity index (χ3v) is 9.91. The topological polar surface area (TPSA) is 104 Å². The van der Waals surface area contributed by atoms with Crippen LogP contribution in [0.4, 0.5) is 10.1 Å². The summed E-state index contributed by atoms with van der Waals surface area (Å²) in [6, 6.07) is 20.4. The Morgan fingerprint density at radius 3 is 2.74 bits per heavy atom. The first-order valence-corrected chi connectivity index (χ1v) is 14.7. The van der Waals surface area contributed by atoms with Crippen molar-refractivity contribution in [3.8, 4) is 11.8 Å². The maximum Gasteiger partial charge on any atom is 0.335 e. The molecule has 4 atom stereocenters. The van der Waals surface area contributed by atoms with Crippen LogP contribution in [0.1, 0.15) is 46.6 Å². The molecule has 0 amide bonds. The third kappa shape index (κ3) is 4.02. The molecule has 1 saturated carbocycles. The molecule has 43 heavy (non-hydrogen) atoms. The number of ether oxygens (including phenoxy) is 2. The lowest BCUT2D eigenvalue weighted by atomic mass is 9.52. The van der Waals surface area contributed by atoms with Gasteiger partial charge in [-0.3, -0.25) is 4.90 Å². The molecule has 3 saturated heterocycles. The largest absolute Gasteiger partial charge is 0.489 e. The summed E-state index contributed by atoms with van der Waals surface area (Å²) in [6.07, 6.45) is 3.38. The number of aromatic carboxylic acids is 1. The van der Waals surface area contributed by atoms with Crippen LogP contribution in [0.3, 0.4) is 0 Å². The number of hydrogen-bond donors (Lipinski definition) is 1. The van der Waals surface area contributed by atoms with E-state index in [-0.39, 0.29) is 29.4 Å². The van der Waals surface area contributed by atoms with Gasteiger partial charge in [-0.05, 0) is 61.7 Å². The number of fused-ring (bicyclic) bond motifs is 1. The maximum absolute atomic E-state index is 14.3. The van der Waals surface area contributed by atoms with Crippen LogP contribution < -0.4 is 9.64 Å². The first kappa shape index (κ1) is 26.2. The lowest BCUT2D eigenvalue weighted by molar-refractivity contribution is -0.192. The van der Waals surface area contributed by atoms with Gasteiger partial charge in [0.15, 0.2) is 0 Å². The zero-order valence-electron chi connectivity index (χ0n) is 23.4. The molecule has 1 aromatic heterocycles. The molecule has 8 rings (SSSR count). The number of aromatic nitrogens is 2. The van der Waals surface area contributed by atoms with E-state index in [9.17, 15) is 14.3 Å². The molecule has 3 unspecified atom stereocenters. The smallest absolute Gasteiger partial charge is 0.335 e. The summed E-state index contributed by atoms with van der Waals surface area (Å²) in [5.41, 5.74) is 3.84. The molecule has 1 N–H and O–H groups in total. The number of benzene rings is 3. The Morgan fingerprint density at radius 1 is 1.16 bits per heavy atom. The standard InChI is InChI=1S/C33H30FN5O4/c34-26-12-20(15-35)4-5-22(26)19-43-24-3-1-2-23(14-24)39-17-30-33(39)10-8-29(33)38(30)18-31-36-27-7-6-21(32(40)41)13-28(27)37(31)16-25-9-11-42-25/h1-7,12-14,25,29-30H,8-11,16-19H2,(H,40,41)/t25-,29?,30?,33?/m0/s1. The summed E-state index contributed by atoms with van der Waals surface area (Å²) in [6.45, 7) is 3.15. The average Bonchev–Trinajstić information content (AvgIpc) is 3.29. The Bertz CT molecular complexity index is 1800. The predicted octanol–water partition coefficient (Wildman–Crippen LogP) is 4.72. The van der Waals surface area contributed by atoms with Crippen LogP contribution in [0.25, 0.3) is 11.0 Å². The monoisotopic (exact) mass is 579 g/mol. The minimum absolute atomic E-state index is 0.0893. The highest BCUT2D eigenvalue weighted by Crippen LogP contribution is 2.62. The van der Waals surface area contributed by atoms with Crippen LogP contribution in [-0.4, -0.2) is 62.4 Å². The van der Waals surface area contributed by atoms with Gasteiger partial charge in [0.2, 0.25) is 0 Å². The highest BCUT2D eigenvalue weighted by atomic mass is 19.1. The van der Waals surface area contributed by atoms with Gasteiger partial charge >= 0.3 is 5.97 Å². The summed E-state index contributed by atoms with van der Waals surface area (Å²) >= 11 is 0. The lowest BCUT2D eigenvalue weighted by Crippen LogP contribution is -2.96. The normalized spacial score (nSPS) is 25.4. The first-order chi connectivity index (χ1) is 20.9. The minimum atomic E-state index is -0.941. The van der Waals surface area contributed by atoms with Crippen LogP contribution >= 0.6 is 0 Å². The molecule has 3 aromatic carbocycles. The van der Waals surface area contributed by atoms with E-state index in [1.54, 1.807) is 30.3 Å². The van der Waals surface area contributed by atoms with E-state index in [0.29, 0.717) is 36.5 Å². The van der Waals surface area contributed by atoms with Gasteiger partial charge in [-0.1, -0.05) is 12.1 Å². The highest BCUT2D eigenvalue weighted by Gasteiger charge is 2.74. The molecule has 10 heteroatoms. The number of piperidine rings is 1. The van der Waals surface area contributed by atoms with Crippen LogP contribution in [0.5, 0.6) is 5.75 Å². The van der Waals surface area contributed by atoms with Crippen molar-refractivity contribution in [2.24, 2.45) is 0 Å². The van der Waals surface area contributed by atoms with E-state index in [1.165, 1.54) is 6.07 Å². The first-order valence-electron chi connectivity index (χ1n) is 14.7. The van der Waals surface area contributed by atoms with Crippen molar-refractivity contribution in [2.45, 2.75) is 62.7 Å². The second kappa shape index (κ2) is 9.79. The summed E-state index contributed by atoms with van der Waals surface area (Å²) in [4.78, 5) is 21.7. The van der Waals surface area contributed by atoms with E-state index in [1.807, 2.05) is 24.3 Å². The highest BCUT2D eigenvalue weighted by molar-refractivity contribution is 5.92. The van der Waals surface area contributed by atoms with Crippen molar-refractivity contribution in [3.63, 3.8) is 0 Å². The number of carboxylic acid groups (broad SMARTS) is 1. The quantitative estimate of drug-likeness (QED) is 0.304. The second-order valence-electron chi connectivity index (χ2n) is 12.0. The van der Waals surface area contributed by atoms with Crippen molar-refractivity contribution in [3.05, 3.63) is 89.0 Å². The number of hydrogen-bond acceptors (Lipinski definition) is 7. The molecule has 3 aliphatic heterocycles. The fourth-order valence-electron chi connectivity index (χ4n) is 7.45. The molecular formula is C33H30FN5O4. The number of anilines is 1. The minimum Gasteiger partial charge on any atom is -0.489 e. The van der Waals surface area contributed by atoms with Crippen LogP contribution in [-0.2, 0) is 24.4 Å². The number of carbonyl (C=O) groups is 1. The van der Waals surface area contributed by atoms with Gasteiger partial charge < -0.3 is 24.0 Å². The zero-order chi connectivity index (χ0) is 29.3. The lowest BCUT2D eigenvalue weighted by Gasteiger charge is -2.81. The summed E-state index contributed by atoms with van der Waals surface area (Å²) < 4.78 is 28.2. The SMILES string of the molecule is N#Cc1ccc(COc2cccc(N3CC4N(Cc5nc6ccc(C(=O)O)cc6n5C[C@@H]5CCO5)C5CCC543)c2)c(F)c1. The number of likely N-dealkylation sites (tertiary alicyclic amines) is 1. The maximum atomic E-state index is 14.3. The molecule has 9 nitrogen and oxygen atoms in total. The van der Waals surface area contributed by atoms with Crippen molar-refractivity contribution in [2.75, 3.05) is 18.1 Å². The number of nitrogens with zero attached hydrogens (tertiary/aromatic N) is 5. The van der Waals surface area contributed by atoms with Crippen molar-refractivity contribution >= 4 is 22.7 Å². The van der Waals surface area contributed by atoms with Gasteiger partial charge in [-0.15, -0.1) is 0 Å². The Labute approximate surface area is 247 Å². The number of piperazine rings is 1. The molecule has 218 valence electrons. The fourth-order valence-corrected chi connectivity index (χ4v) is 7.45. The fraction of sp³-hybridized carbons (Fsp3) is 0.364. The molecule has 1 spiro atoms. The molecule has 4 heterocycles. The van der Waals surface area contributed by atoms with Crippen molar-refractivity contribution in [1.29, 1.82) is 5.26 Å². The number of halogens is 1. The molecule has 4 fully saturated rings. The van der Waals surface area contributed by atoms with Crippen molar-refractivity contribution < 1.29 is 23.8 Å². The van der Waals surface area contributed by atoms with Gasteiger partial charge in [0.05, 0.1) is 59.0 Å². The van der Waals surface area contributed by atoms with Gasteiger partial charge in [0, 0.05) is 36.5 Å². The van der Waals surface area contributed by atoms with Crippen LogP contribution in [0.15, 0.2) is 60.7 Å². The Kier molecular flexibility index (Phi) is 5.96. The Hall–Kier alpha value is -4.46. The van der Waals surface area contributed by atoms with Gasteiger partial charge in [-0.25, -0.2) is 14.2 Å². The van der Waals surface area contributed by atoms with E-state index in [0.717, 1.165) is 55.0 Å². The van der Waals surface area contributed by atoms with E-state index < -0.39 is 11.8 Å². The van der Waals surface area contributed by atoms with E-state index >= 15 is 0 Å². The molecular weight excluding hydrogens is 549 g/mol. The Balaban J connectivity index is 0.988. The predicted molar refractivity (Wildman–Crippen MR) is 155 cm³/mol. The van der Waals surface area contributed by atoms with E-state index in [4.69, 9.17) is 19.7 Å². The van der Waals surface area contributed by atoms with Crippen LogP contribution in [0, 0.1) is 17.1 Å². The number of rotatable bonds is 9. The summed E-state index contributed by atoms with van der Waals surface area (Å²) in [5, 5.41) is 18.5. The molecule has 4 aliphatic rings. The Morgan fingerprint density at radius 2 is 2.05 bits per heavy atom. The van der Waals surface area contributed by atoms with Crippen molar-refractivity contribution in [1.82, 2.24) is 14.5 Å². The molecule has 0 radical (unpaired) electrons. The number of nitriles is 1. The molecule has 4 aromatic rings. The molecule has 1 aliphatic carbocycles. The van der Waals surface area contributed by atoms with Gasteiger partial charge in [0.1, 0.15) is 24.0 Å². The third-order valence-electron chi connectivity index (χ3n) is 9.91. The second-order valence-corrected chi connectivity index (χ2v) is 12.0.